The fraction of sp³-hybridized carbons (Fsp3) is 0.909. The third-order valence-corrected chi connectivity index (χ3v) is 2.63. The molecule has 84 valence electrons. The third kappa shape index (κ3) is 5.22. The zero-order chi connectivity index (χ0) is 11.0. The SMILES string of the molecule is CCOC(=O)C(N)CCC(CC)CC. The van der Waals surface area contributed by atoms with Gasteiger partial charge in [0, 0.05) is 0 Å². The minimum Gasteiger partial charge on any atom is -0.465 e. The molecule has 0 fully saturated rings. The lowest BCUT2D eigenvalue weighted by molar-refractivity contribution is -0.144. The molecule has 0 saturated carbocycles. The molecular formula is C11H23NO2. The highest BCUT2D eigenvalue weighted by molar-refractivity contribution is 5.75. The van der Waals surface area contributed by atoms with Crippen LogP contribution in [0.2, 0.25) is 0 Å². The summed E-state index contributed by atoms with van der Waals surface area (Å²) in [6, 6.07) is -0.435. The molecule has 0 aromatic carbocycles. The molecule has 0 heterocycles. The molecule has 0 amide bonds. The predicted molar refractivity (Wildman–Crippen MR) is 57.9 cm³/mol. The Hall–Kier alpha value is -0.570. The molecule has 0 aromatic rings. The highest BCUT2D eigenvalue weighted by Gasteiger charge is 2.15. The van der Waals surface area contributed by atoms with Gasteiger partial charge in [0.15, 0.2) is 0 Å². The van der Waals surface area contributed by atoms with Gasteiger partial charge in [0.25, 0.3) is 0 Å². The average molecular weight is 201 g/mol. The van der Waals surface area contributed by atoms with E-state index in [2.05, 4.69) is 13.8 Å². The van der Waals surface area contributed by atoms with E-state index in [1.807, 2.05) is 0 Å². The number of rotatable bonds is 7. The average Bonchev–Trinajstić information content (AvgIpc) is 2.19. The van der Waals surface area contributed by atoms with E-state index in [0.29, 0.717) is 12.5 Å². The van der Waals surface area contributed by atoms with Gasteiger partial charge < -0.3 is 10.5 Å². The molecule has 14 heavy (non-hydrogen) atoms. The topological polar surface area (TPSA) is 52.3 Å². The van der Waals surface area contributed by atoms with Crippen molar-refractivity contribution in [2.24, 2.45) is 11.7 Å². The monoisotopic (exact) mass is 201 g/mol. The summed E-state index contributed by atoms with van der Waals surface area (Å²) in [4.78, 5) is 11.2. The lowest BCUT2D eigenvalue weighted by Crippen LogP contribution is -2.32. The Morgan fingerprint density at radius 3 is 2.21 bits per heavy atom. The van der Waals surface area contributed by atoms with Gasteiger partial charge in [-0.1, -0.05) is 26.7 Å². The minimum absolute atomic E-state index is 0.265. The summed E-state index contributed by atoms with van der Waals surface area (Å²) in [7, 11) is 0. The number of hydrogen-bond donors (Lipinski definition) is 1. The van der Waals surface area contributed by atoms with E-state index < -0.39 is 6.04 Å². The summed E-state index contributed by atoms with van der Waals surface area (Å²) in [5.41, 5.74) is 5.69. The van der Waals surface area contributed by atoms with E-state index in [4.69, 9.17) is 10.5 Å². The van der Waals surface area contributed by atoms with Crippen molar-refractivity contribution in [1.29, 1.82) is 0 Å². The molecule has 2 N–H and O–H groups in total. The van der Waals surface area contributed by atoms with Crippen molar-refractivity contribution in [3.63, 3.8) is 0 Å². The highest BCUT2D eigenvalue weighted by Crippen LogP contribution is 2.15. The second-order valence-electron chi connectivity index (χ2n) is 3.62. The van der Waals surface area contributed by atoms with Gasteiger partial charge in [0.1, 0.15) is 6.04 Å². The lowest BCUT2D eigenvalue weighted by atomic mass is 9.95. The maximum Gasteiger partial charge on any atom is 0.322 e. The zero-order valence-electron chi connectivity index (χ0n) is 9.58. The van der Waals surface area contributed by atoms with Crippen LogP contribution in [-0.2, 0) is 9.53 Å². The number of carbonyl (C=O) groups is 1. The Kier molecular flexibility index (Phi) is 7.48. The molecule has 0 radical (unpaired) electrons. The lowest BCUT2D eigenvalue weighted by Gasteiger charge is -2.15. The Labute approximate surface area is 87.0 Å². The van der Waals surface area contributed by atoms with E-state index in [9.17, 15) is 4.79 Å². The molecule has 0 aliphatic rings. The fourth-order valence-electron chi connectivity index (χ4n) is 1.48. The second kappa shape index (κ2) is 7.80. The summed E-state index contributed by atoms with van der Waals surface area (Å²) in [5, 5.41) is 0. The van der Waals surface area contributed by atoms with E-state index in [1.54, 1.807) is 6.92 Å². The molecule has 3 nitrogen and oxygen atoms in total. The van der Waals surface area contributed by atoms with Crippen LogP contribution in [-0.4, -0.2) is 18.6 Å². The van der Waals surface area contributed by atoms with Gasteiger partial charge >= 0.3 is 5.97 Å². The van der Waals surface area contributed by atoms with Crippen LogP contribution in [0.25, 0.3) is 0 Å². The number of carbonyl (C=O) groups excluding carboxylic acids is 1. The summed E-state index contributed by atoms with van der Waals surface area (Å²) < 4.78 is 4.84. The van der Waals surface area contributed by atoms with Crippen LogP contribution >= 0.6 is 0 Å². The van der Waals surface area contributed by atoms with Gasteiger partial charge in [-0.15, -0.1) is 0 Å². The first kappa shape index (κ1) is 13.4. The largest absolute Gasteiger partial charge is 0.465 e. The van der Waals surface area contributed by atoms with E-state index in [-0.39, 0.29) is 5.97 Å². The van der Waals surface area contributed by atoms with Gasteiger partial charge in [0.05, 0.1) is 6.61 Å². The van der Waals surface area contributed by atoms with Crippen LogP contribution < -0.4 is 5.73 Å². The van der Waals surface area contributed by atoms with Crippen molar-refractivity contribution >= 4 is 5.97 Å². The van der Waals surface area contributed by atoms with Gasteiger partial charge in [-0.2, -0.15) is 0 Å². The van der Waals surface area contributed by atoms with Crippen LogP contribution in [0.4, 0.5) is 0 Å². The van der Waals surface area contributed by atoms with Crippen LogP contribution in [0.15, 0.2) is 0 Å². The van der Waals surface area contributed by atoms with Gasteiger partial charge in [-0.05, 0) is 25.7 Å². The van der Waals surface area contributed by atoms with Gasteiger partial charge in [-0.25, -0.2) is 0 Å². The normalized spacial score (nSPS) is 12.9. The molecule has 1 unspecified atom stereocenters. The Bertz CT molecular complexity index is 155. The first-order valence-electron chi connectivity index (χ1n) is 5.57. The summed E-state index contributed by atoms with van der Waals surface area (Å²) in [6.45, 7) is 6.55. The smallest absolute Gasteiger partial charge is 0.322 e. The molecule has 0 aromatic heterocycles. The number of hydrogen-bond acceptors (Lipinski definition) is 3. The van der Waals surface area contributed by atoms with Crippen LogP contribution in [0.3, 0.4) is 0 Å². The number of nitrogens with two attached hydrogens (primary N) is 1. The molecule has 0 spiro atoms. The third-order valence-electron chi connectivity index (χ3n) is 2.63. The van der Waals surface area contributed by atoms with Crippen molar-refractivity contribution in [1.82, 2.24) is 0 Å². The molecular weight excluding hydrogens is 178 g/mol. The maximum atomic E-state index is 11.2. The quantitative estimate of drug-likeness (QED) is 0.642. The summed E-state index contributed by atoms with van der Waals surface area (Å²) in [6.07, 6.45) is 4.08. The summed E-state index contributed by atoms with van der Waals surface area (Å²) >= 11 is 0. The molecule has 1 atom stereocenters. The van der Waals surface area contributed by atoms with Crippen molar-refractivity contribution < 1.29 is 9.53 Å². The molecule has 0 rings (SSSR count). The Morgan fingerprint density at radius 1 is 1.21 bits per heavy atom. The first-order valence-corrected chi connectivity index (χ1v) is 5.57. The fourth-order valence-corrected chi connectivity index (χ4v) is 1.48. The molecule has 0 bridgehead atoms. The molecule has 0 aliphatic carbocycles. The standard InChI is InChI=1S/C11H23NO2/c1-4-9(5-2)7-8-10(12)11(13)14-6-3/h9-10H,4-8,12H2,1-3H3. The zero-order valence-corrected chi connectivity index (χ0v) is 9.58. The van der Waals surface area contributed by atoms with Crippen molar-refractivity contribution in [3.8, 4) is 0 Å². The van der Waals surface area contributed by atoms with Crippen molar-refractivity contribution in [3.05, 3.63) is 0 Å². The van der Waals surface area contributed by atoms with Crippen molar-refractivity contribution in [2.75, 3.05) is 6.61 Å². The van der Waals surface area contributed by atoms with E-state index in [0.717, 1.165) is 25.7 Å². The molecule has 3 heteroatoms. The van der Waals surface area contributed by atoms with Crippen LogP contribution in [0.1, 0.15) is 46.5 Å². The Morgan fingerprint density at radius 2 is 1.79 bits per heavy atom. The molecule has 0 aliphatic heterocycles. The van der Waals surface area contributed by atoms with Crippen LogP contribution in [0.5, 0.6) is 0 Å². The van der Waals surface area contributed by atoms with Gasteiger partial charge in [-0.3, -0.25) is 4.79 Å². The number of esters is 1. The summed E-state index contributed by atoms with van der Waals surface area (Å²) in [5.74, 6) is 0.425. The first-order chi connectivity index (χ1) is 6.65. The predicted octanol–water partition coefficient (Wildman–Crippen LogP) is 2.09. The number of ether oxygens (including phenoxy) is 1. The second-order valence-corrected chi connectivity index (χ2v) is 3.62. The van der Waals surface area contributed by atoms with Crippen LogP contribution in [0, 0.1) is 5.92 Å². The van der Waals surface area contributed by atoms with Gasteiger partial charge in [0.2, 0.25) is 0 Å². The highest BCUT2D eigenvalue weighted by atomic mass is 16.5. The van der Waals surface area contributed by atoms with E-state index in [1.165, 1.54) is 0 Å². The maximum absolute atomic E-state index is 11.2. The molecule has 0 saturated heterocycles. The van der Waals surface area contributed by atoms with Crippen molar-refractivity contribution in [2.45, 2.75) is 52.5 Å². The Balaban J connectivity index is 3.71. The van der Waals surface area contributed by atoms with E-state index >= 15 is 0 Å². The minimum atomic E-state index is -0.435.